The van der Waals surface area contributed by atoms with E-state index in [1.165, 1.54) is 0 Å². The van der Waals surface area contributed by atoms with Gasteiger partial charge in [-0.25, -0.2) is 9.59 Å². The van der Waals surface area contributed by atoms with Gasteiger partial charge < -0.3 is 25.8 Å². The average Bonchev–Trinajstić information content (AvgIpc) is 2.40. The number of carboxylic acids is 1. The molecule has 1 atom stereocenters. The number of ether oxygens (including phenoxy) is 1. The van der Waals surface area contributed by atoms with Gasteiger partial charge in [-0.2, -0.15) is 0 Å². The molecule has 0 saturated carbocycles. The number of carbonyl (C=O) groups excluding carboxylic acids is 3. The largest absolute Gasteiger partial charge is 0.480 e. The molecule has 0 aromatic heterocycles. The van der Waals surface area contributed by atoms with E-state index in [1.54, 1.807) is 13.8 Å². The summed E-state index contributed by atoms with van der Waals surface area (Å²) < 4.78 is 4.72. The van der Waals surface area contributed by atoms with Crippen molar-refractivity contribution in [3.63, 3.8) is 0 Å². The number of carbonyl (C=O) groups is 4. The molecule has 0 aliphatic rings. The van der Waals surface area contributed by atoms with Crippen molar-refractivity contribution >= 4 is 23.9 Å². The molecule has 4 N–H and O–H groups in total. The van der Waals surface area contributed by atoms with Crippen molar-refractivity contribution in [2.45, 2.75) is 32.7 Å². The third kappa shape index (κ3) is 7.75. The van der Waals surface area contributed by atoms with Crippen LogP contribution in [0.3, 0.4) is 0 Å². The summed E-state index contributed by atoms with van der Waals surface area (Å²) in [5.74, 6) is -2.52. The van der Waals surface area contributed by atoms with Crippen molar-refractivity contribution in [3.8, 4) is 0 Å². The predicted molar refractivity (Wildman–Crippen MR) is 72.3 cm³/mol. The fourth-order valence-electron chi connectivity index (χ4n) is 1.47. The molecule has 0 radical (unpaired) electrons. The SMILES string of the molecule is CCOC(=O)CN(CC)C(=O)N[C@H](CCC(N)=O)C(=O)O. The van der Waals surface area contributed by atoms with Crippen LogP contribution in [0.4, 0.5) is 4.79 Å². The van der Waals surface area contributed by atoms with Gasteiger partial charge in [-0.1, -0.05) is 0 Å². The smallest absolute Gasteiger partial charge is 0.326 e. The van der Waals surface area contributed by atoms with E-state index in [9.17, 15) is 19.2 Å². The number of nitrogens with zero attached hydrogens (tertiary/aromatic N) is 1. The Kier molecular flexibility index (Phi) is 8.51. The first-order valence-corrected chi connectivity index (χ1v) is 6.53. The standard InChI is InChI=1S/C12H21N3O6/c1-3-15(7-10(17)21-4-2)12(20)14-8(11(18)19)5-6-9(13)16/h8H,3-7H2,1-2H3,(H2,13,16)(H,14,20)(H,18,19)/t8-/m1/s1. The van der Waals surface area contributed by atoms with Crippen LogP contribution in [0.15, 0.2) is 0 Å². The molecule has 120 valence electrons. The minimum atomic E-state index is -1.28. The molecule has 21 heavy (non-hydrogen) atoms. The van der Waals surface area contributed by atoms with Gasteiger partial charge in [0.15, 0.2) is 0 Å². The lowest BCUT2D eigenvalue weighted by atomic mass is 10.1. The number of likely N-dealkylation sites (N-methyl/N-ethyl adjacent to an activating group) is 1. The normalized spacial score (nSPS) is 11.3. The quantitative estimate of drug-likeness (QED) is 0.481. The summed E-state index contributed by atoms with van der Waals surface area (Å²) in [6.45, 7) is 3.38. The van der Waals surface area contributed by atoms with E-state index in [4.69, 9.17) is 15.6 Å². The third-order valence-corrected chi connectivity index (χ3v) is 2.57. The molecule has 9 nitrogen and oxygen atoms in total. The number of aliphatic carboxylic acids is 1. The van der Waals surface area contributed by atoms with Crippen LogP contribution < -0.4 is 11.1 Å². The summed E-state index contributed by atoms with van der Waals surface area (Å²) in [4.78, 5) is 46.0. The first kappa shape index (κ1) is 18.7. The molecular weight excluding hydrogens is 282 g/mol. The monoisotopic (exact) mass is 303 g/mol. The highest BCUT2D eigenvalue weighted by Gasteiger charge is 2.24. The minimum absolute atomic E-state index is 0.118. The number of rotatable bonds is 9. The van der Waals surface area contributed by atoms with Crippen LogP contribution >= 0.6 is 0 Å². The first-order valence-electron chi connectivity index (χ1n) is 6.53. The number of hydrogen-bond donors (Lipinski definition) is 3. The highest BCUT2D eigenvalue weighted by molar-refractivity contribution is 5.85. The Morgan fingerprint density at radius 3 is 2.33 bits per heavy atom. The predicted octanol–water partition coefficient (Wildman–Crippen LogP) is -0.700. The average molecular weight is 303 g/mol. The van der Waals surface area contributed by atoms with Crippen LogP contribution in [0.25, 0.3) is 0 Å². The van der Waals surface area contributed by atoms with E-state index < -0.39 is 29.9 Å². The Balaban J connectivity index is 4.59. The van der Waals surface area contributed by atoms with Crippen LogP contribution in [0, 0.1) is 0 Å². The molecule has 0 fully saturated rings. The van der Waals surface area contributed by atoms with E-state index in [0.717, 1.165) is 4.90 Å². The highest BCUT2D eigenvalue weighted by atomic mass is 16.5. The van der Waals surface area contributed by atoms with Gasteiger partial charge >= 0.3 is 18.0 Å². The molecule has 0 heterocycles. The first-order chi connectivity index (χ1) is 9.81. The highest BCUT2D eigenvalue weighted by Crippen LogP contribution is 2.00. The molecule has 0 spiro atoms. The number of amides is 3. The van der Waals surface area contributed by atoms with E-state index >= 15 is 0 Å². The Labute approximate surface area is 122 Å². The van der Waals surface area contributed by atoms with Crippen molar-refractivity contribution in [1.29, 1.82) is 0 Å². The molecule has 0 aromatic rings. The summed E-state index contributed by atoms with van der Waals surface area (Å²) in [6, 6.07) is -1.97. The number of nitrogens with one attached hydrogen (secondary N) is 1. The summed E-state index contributed by atoms with van der Waals surface area (Å²) in [5, 5.41) is 11.2. The molecule has 0 rings (SSSR count). The molecule has 0 aliphatic heterocycles. The topological polar surface area (TPSA) is 139 Å². The molecule has 3 amide bonds. The van der Waals surface area contributed by atoms with Crippen LogP contribution in [0.5, 0.6) is 0 Å². The minimum Gasteiger partial charge on any atom is -0.480 e. The molecule has 0 saturated heterocycles. The second-order valence-electron chi connectivity index (χ2n) is 4.16. The van der Waals surface area contributed by atoms with Gasteiger partial charge in [0.25, 0.3) is 0 Å². The number of urea groups is 1. The van der Waals surface area contributed by atoms with Gasteiger partial charge in [0, 0.05) is 13.0 Å². The fourth-order valence-corrected chi connectivity index (χ4v) is 1.47. The number of carboxylic acid groups (broad SMARTS) is 1. The van der Waals surface area contributed by atoms with Crippen LogP contribution in [-0.2, 0) is 19.1 Å². The van der Waals surface area contributed by atoms with E-state index in [-0.39, 0.29) is 32.5 Å². The van der Waals surface area contributed by atoms with Crippen LogP contribution in [-0.4, -0.2) is 59.6 Å². The maximum absolute atomic E-state index is 11.9. The van der Waals surface area contributed by atoms with Crippen molar-refractivity contribution in [1.82, 2.24) is 10.2 Å². The van der Waals surface area contributed by atoms with Crippen molar-refractivity contribution in [2.75, 3.05) is 19.7 Å². The molecule has 0 unspecified atom stereocenters. The number of esters is 1. The van der Waals surface area contributed by atoms with Gasteiger partial charge in [0.05, 0.1) is 6.61 Å². The Morgan fingerprint density at radius 2 is 1.90 bits per heavy atom. The summed E-state index contributed by atoms with van der Waals surface area (Å²) >= 11 is 0. The van der Waals surface area contributed by atoms with Gasteiger partial charge in [-0.15, -0.1) is 0 Å². The van der Waals surface area contributed by atoms with Gasteiger partial charge in [0.2, 0.25) is 5.91 Å². The van der Waals surface area contributed by atoms with E-state index in [0.29, 0.717) is 0 Å². The maximum atomic E-state index is 11.9. The second-order valence-corrected chi connectivity index (χ2v) is 4.16. The van der Waals surface area contributed by atoms with Crippen LogP contribution in [0.2, 0.25) is 0 Å². The summed E-state index contributed by atoms with van der Waals surface area (Å²) in [5.41, 5.74) is 4.94. The van der Waals surface area contributed by atoms with Crippen molar-refractivity contribution in [2.24, 2.45) is 5.73 Å². The Bertz CT molecular complexity index is 398. The molecule has 0 bridgehead atoms. The number of hydrogen-bond acceptors (Lipinski definition) is 5. The van der Waals surface area contributed by atoms with Crippen LogP contribution in [0.1, 0.15) is 26.7 Å². The molecular formula is C12H21N3O6. The van der Waals surface area contributed by atoms with Crippen molar-refractivity contribution in [3.05, 3.63) is 0 Å². The zero-order chi connectivity index (χ0) is 16.4. The maximum Gasteiger partial charge on any atom is 0.326 e. The molecule has 0 aliphatic carbocycles. The fraction of sp³-hybridized carbons (Fsp3) is 0.667. The van der Waals surface area contributed by atoms with Gasteiger partial charge in [0.1, 0.15) is 12.6 Å². The molecule has 0 aromatic carbocycles. The lowest BCUT2D eigenvalue weighted by molar-refractivity contribution is -0.143. The van der Waals surface area contributed by atoms with Crippen molar-refractivity contribution < 1.29 is 29.0 Å². The summed E-state index contributed by atoms with van der Waals surface area (Å²) in [7, 11) is 0. The lowest BCUT2D eigenvalue weighted by Gasteiger charge is -2.23. The summed E-state index contributed by atoms with van der Waals surface area (Å²) in [6.07, 6.45) is -0.283. The van der Waals surface area contributed by atoms with Gasteiger partial charge in [-0.3, -0.25) is 9.59 Å². The van der Waals surface area contributed by atoms with E-state index in [1.807, 2.05) is 0 Å². The number of nitrogens with two attached hydrogens (primary N) is 1. The zero-order valence-electron chi connectivity index (χ0n) is 12.1. The molecule has 9 heteroatoms. The Morgan fingerprint density at radius 1 is 1.29 bits per heavy atom. The second kappa shape index (κ2) is 9.56. The Hall–Kier alpha value is -2.32. The third-order valence-electron chi connectivity index (χ3n) is 2.57. The zero-order valence-corrected chi connectivity index (χ0v) is 12.1. The lowest BCUT2D eigenvalue weighted by Crippen LogP contribution is -2.49. The van der Waals surface area contributed by atoms with Gasteiger partial charge in [-0.05, 0) is 20.3 Å². The van der Waals surface area contributed by atoms with E-state index in [2.05, 4.69) is 5.32 Å². The number of primary amides is 1.